The number of rotatable bonds is 3. The maximum atomic E-state index is 11.3. The molecule has 4 nitrogen and oxygen atoms in total. The minimum atomic E-state index is -0.248. The Bertz CT molecular complexity index is 804. The van der Waals surface area contributed by atoms with Crippen LogP contribution in [0.5, 0.6) is 0 Å². The zero-order chi connectivity index (χ0) is 16.3. The van der Waals surface area contributed by atoms with Crippen LogP contribution in [0.2, 0.25) is 0 Å². The van der Waals surface area contributed by atoms with Crippen molar-refractivity contribution in [2.24, 2.45) is 5.92 Å². The van der Waals surface area contributed by atoms with Crippen LogP contribution in [0.4, 0.5) is 0 Å². The number of benzene rings is 1. The molecule has 5 atom stereocenters. The van der Waals surface area contributed by atoms with E-state index in [0.29, 0.717) is 17.9 Å². The van der Waals surface area contributed by atoms with E-state index < -0.39 is 0 Å². The summed E-state index contributed by atoms with van der Waals surface area (Å²) < 4.78 is 17.1. The Morgan fingerprint density at radius 1 is 1.38 bits per heavy atom. The van der Waals surface area contributed by atoms with E-state index in [2.05, 4.69) is 41.1 Å². The molecule has 24 heavy (non-hydrogen) atoms. The summed E-state index contributed by atoms with van der Waals surface area (Å²) in [6.45, 7) is 4.29. The van der Waals surface area contributed by atoms with Gasteiger partial charge in [0.15, 0.2) is 0 Å². The van der Waals surface area contributed by atoms with Crippen molar-refractivity contribution in [2.75, 3.05) is 13.1 Å². The van der Waals surface area contributed by atoms with Crippen LogP contribution in [-0.4, -0.2) is 34.6 Å². The van der Waals surface area contributed by atoms with E-state index in [9.17, 15) is 4.57 Å². The van der Waals surface area contributed by atoms with Gasteiger partial charge >= 0.3 is 8.69 Å². The predicted octanol–water partition coefficient (Wildman–Crippen LogP) is 4.27. The smallest absolute Gasteiger partial charge is 0.327 e. The SMILES string of the molecule is CC[C@H]1C[C@]2(OP=O)C[C@H]3c4[nH]c5ccccc5c4CCN(C2)[C@@H]13. The molecule has 3 aliphatic heterocycles. The molecule has 1 unspecified atom stereocenters. The fourth-order valence-electron chi connectivity index (χ4n) is 5.82. The first kappa shape index (κ1) is 15.1. The lowest BCUT2D eigenvalue weighted by Gasteiger charge is -2.57. The van der Waals surface area contributed by atoms with Crippen LogP contribution in [0.3, 0.4) is 0 Å². The third-order valence-corrected chi connectivity index (χ3v) is 7.12. The third kappa shape index (κ3) is 2.00. The van der Waals surface area contributed by atoms with E-state index >= 15 is 0 Å². The molecule has 1 aromatic heterocycles. The predicted molar refractivity (Wildman–Crippen MR) is 94.5 cm³/mol. The maximum Gasteiger partial charge on any atom is 0.327 e. The van der Waals surface area contributed by atoms with Gasteiger partial charge < -0.3 is 4.98 Å². The normalized spacial score (nSPS) is 37.5. The molecule has 1 N–H and O–H groups in total. The molecule has 2 saturated heterocycles. The zero-order valence-electron chi connectivity index (χ0n) is 14.0. The molecular formula is C19H23N2O2P. The van der Waals surface area contributed by atoms with E-state index in [0.717, 1.165) is 38.8 Å². The third-order valence-electron chi connectivity index (χ3n) is 6.66. The van der Waals surface area contributed by atoms with Crippen LogP contribution in [-0.2, 0) is 15.5 Å². The van der Waals surface area contributed by atoms with E-state index in [1.165, 1.54) is 22.2 Å². The van der Waals surface area contributed by atoms with Crippen molar-refractivity contribution in [3.05, 3.63) is 35.5 Å². The first-order chi connectivity index (χ1) is 11.7. The fourth-order valence-corrected chi connectivity index (χ4v) is 6.19. The van der Waals surface area contributed by atoms with Crippen molar-refractivity contribution in [1.82, 2.24) is 9.88 Å². The van der Waals surface area contributed by atoms with Crippen molar-refractivity contribution in [3.63, 3.8) is 0 Å². The summed E-state index contributed by atoms with van der Waals surface area (Å²) in [5.74, 6) is 1.08. The van der Waals surface area contributed by atoms with Gasteiger partial charge in [0.25, 0.3) is 0 Å². The van der Waals surface area contributed by atoms with Gasteiger partial charge in [0.1, 0.15) is 0 Å². The number of nitrogens with zero attached hydrogens (tertiary/aromatic N) is 1. The van der Waals surface area contributed by atoms with Gasteiger partial charge in [-0.05, 0) is 36.8 Å². The highest BCUT2D eigenvalue weighted by Gasteiger charge is 2.56. The van der Waals surface area contributed by atoms with Gasteiger partial charge in [-0.15, -0.1) is 0 Å². The van der Waals surface area contributed by atoms with Crippen molar-refractivity contribution < 1.29 is 9.09 Å². The summed E-state index contributed by atoms with van der Waals surface area (Å²) in [5.41, 5.74) is 3.91. The Morgan fingerprint density at radius 3 is 3.08 bits per heavy atom. The van der Waals surface area contributed by atoms with Gasteiger partial charge in [-0.2, -0.15) is 0 Å². The number of H-pyrrole nitrogens is 1. The molecule has 2 aromatic rings. The van der Waals surface area contributed by atoms with Crippen molar-refractivity contribution >= 4 is 19.6 Å². The fraction of sp³-hybridized carbons (Fsp3) is 0.579. The Kier molecular flexibility index (Phi) is 3.38. The summed E-state index contributed by atoms with van der Waals surface area (Å²) in [6, 6.07) is 9.26. The summed E-state index contributed by atoms with van der Waals surface area (Å²) >= 11 is 0. The molecular weight excluding hydrogens is 319 g/mol. The van der Waals surface area contributed by atoms with Gasteiger partial charge in [-0.1, -0.05) is 31.5 Å². The van der Waals surface area contributed by atoms with Crippen LogP contribution < -0.4 is 0 Å². The molecule has 0 spiro atoms. The Morgan fingerprint density at radius 2 is 2.25 bits per heavy atom. The number of aromatic nitrogens is 1. The zero-order valence-corrected chi connectivity index (χ0v) is 14.9. The average Bonchev–Trinajstić information content (AvgIpc) is 2.93. The second-order valence-electron chi connectivity index (χ2n) is 7.81. The summed E-state index contributed by atoms with van der Waals surface area (Å²) in [6.07, 6.45) is 4.29. The monoisotopic (exact) mass is 342 g/mol. The summed E-state index contributed by atoms with van der Waals surface area (Å²) in [5, 5.41) is 1.38. The Balaban J connectivity index is 1.67. The largest absolute Gasteiger partial charge is 0.358 e. The van der Waals surface area contributed by atoms with Crippen LogP contribution in [0.15, 0.2) is 24.3 Å². The number of hydrogen-bond acceptors (Lipinski definition) is 3. The highest BCUT2D eigenvalue weighted by Crippen LogP contribution is 2.54. The van der Waals surface area contributed by atoms with Gasteiger partial charge in [0, 0.05) is 41.6 Å². The molecule has 6 rings (SSSR count). The number of piperidine rings is 2. The second kappa shape index (κ2) is 5.39. The lowest BCUT2D eigenvalue weighted by atomic mass is 9.63. The lowest BCUT2D eigenvalue weighted by Crippen LogP contribution is -2.64. The Hall–Kier alpha value is -1.22. The van der Waals surface area contributed by atoms with Gasteiger partial charge in [0.2, 0.25) is 0 Å². The van der Waals surface area contributed by atoms with Crippen LogP contribution in [0.1, 0.15) is 43.4 Å². The quantitative estimate of drug-likeness (QED) is 0.847. The van der Waals surface area contributed by atoms with E-state index in [1.54, 1.807) is 0 Å². The highest BCUT2D eigenvalue weighted by molar-refractivity contribution is 7.17. The molecule has 1 aromatic carbocycles. The molecule has 4 heterocycles. The number of fused-ring (bicyclic) bond motifs is 4. The average molecular weight is 342 g/mol. The molecule has 5 heteroatoms. The molecule has 4 bridgehead atoms. The molecule has 4 aliphatic rings. The van der Waals surface area contributed by atoms with Crippen LogP contribution in [0, 0.1) is 5.92 Å². The van der Waals surface area contributed by atoms with Gasteiger partial charge in [-0.25, -0.2) is 4.57 Å². The van der Waals surface area contributed by atoms with Crippen molar-refractivity contribution in [2.45, 2.75) is 50.2 Å². The summed E-state index contributed by atoms with van der Waals surface area (Å²) in [7, 11) is -0.172. The molecule has 1 aliphatic carbocycles. The van der Waals surface area contributed by atoms with E-state index in [1.807, 2.05) is 0 Å². The first-order valence-corrected chi connectivity index (χ1v) is 9.82. The molecule has 0 radical (unpaired) electrons. The van der Waals surface area contributed by atoms with Gasteiger partial charge in [-0.3, -0.25) is 9.42 Å². The second-order valence-corrected chi connectivity index (χ2v) is 8.14. The molecule has 126 valence electrons. The molecule has 0 amide bonds. The maximum absolute atomic E-state index is 11.3. The number of hydrogen-bond donors (Lipinski definition) is 1. The molecule has 1 saturated carbocycles. The number of nitrogens with one attached hydrogen (secondary N) is 1. The molecule has 3 fully saturated rings. The number of aromatic amines is 1. The van der Waals surface area contributed by atoms with Gasteiger partial charge in [0.05, 0.1) is 5.60 Å². The number of para-hydroxylation sites is 1. The lowest BCUT2D eigenvalue weighted by molar-refractivity contribution is -0.115. The van der Waals surface area contributed by atoms with Crippen molar-refractivity contribution in [1.29, 1.82) is 0 Å². The highest BCUT2D eigenvalue weighted by atomic mass is 31.1. The van der Waals surface area contributed by atoms with Crippen molar-refractivity contribution in [3.8, 4) is 0 Å². The summed E-state index contributed by atoms with van der Waals surface area (Å²) in [4.78, 5) is 6.36. The standard InChI is InChI=1S/C19H23N2O2P/c1-2-12-9-19(23-24-22)10-15-17-14(7-8-21(11-19)18(12)15)13-5-3-4-6-16(13)20-17/h3-6,12,15,18,20H,2,7-11H2,1H3/t12-,15-,18-,19-/m0/s1. The Labute approximate surface area is 143 Å². The van der Waals surface area contributed by atoms with E-state index in [-0.39, 0.29) is 14.3 Å². The minimum absolute atomic E-state index is 0.172. The minimum Gasteiger partial charge on any atom is -0.358 e. The topological polar surface area (TPSA) is 45.3 Å². The van der Waals surface area contributed by atoms with Crippen LogP contribution >= 0.6 is 8.69 Å². The first-order valence-electron chi connectivity index (χ1n) is 9.09. The van der Waals surface area contributed by atoms with Crippen LogP contribution in [0.25, 0.3) is 10.9 Å². The van der Waals surface area contributed by atoms with E-state index in [4.69, 9.17) is 4.52 Å².